The van der Waals surface area contributed by atoms with Gasteiger partial charge in [0.1, 0.15) is 5.60 Å². The molecule has 0 unspecified atom stereocenters. The normalized spacial score (nSPS) is 26.9. The number of hydrogen-bond acceptors (Lipinski definition) is 2. The van der Waals surface area contributed by atoms with Crippen LogP contribution in [0, 0.1) is 5.41 Å². The molecule has 0 spiro atoms. The summed E-state index contributed by atoms with van der Waals surface area (Å²) in [6, 6.07) is 0. The molecule has 0 aliphatic carbocycles. The van der Waals surface area contributed by atoms with E-state index in [1.54, 1.807) is 0 Å². The third kappa shape index (κ3) is 3.40. The average molecular weight is 213 g/mol. The van der Waals surface area contributed by atoms with Crippen molar-refractivity contribution in [3.8, 4) is 0 Å². The second-order valence-electron chi connectivity index (χ2n) is 5.82. The number of hydrogen-bond donors (Lipinski definition) is 0. The number of ether oxygens (including phenoxy) is 1. The topological polar surface area (TPSA) is 29.5 Å². The number of carbonyl (C=O) groups is 1. The van der Waals surface area contributed by atoms with Crippen LogP contribution in [0.3, 0.4) is 0 Å². The van der Waals surface area contributed by atoms with Gasteiger partial charge in [0.05, 0.1) is 0 Å². The molecule has 1 rings (SSSR count). The van der Waals surface area contributed by atoms with Gasteiger partial charge in [-0.3, -0.25) is 0 Å². The van der Waals surface area contributed by atoms with Crippen molar-refractivity contribution in [1.82, 2.24) is 4.90 Å². The first kappa shape index (κ1) is 12.3. The van der Waals surface area contributed by atoms with Gasteiger partial charge in [-0.25, -0.2) is 4.79 Å². The van der Waals surface area contributed by atoms with E-state index in [1.807, 2.05) is 25.7 Å². The summed E-state index contributed by atoms with van der Waals surface area (Å²) in [5.41, 5.74) is -0.0980. The molecule has 0 aromatic rings. The Balaban J connectivity index is 2.51. The Morgan fingerprint density at radius 3 is 2.47 bits per heavy atom. The van der Waals surface area contributed by atoms with Crippen LogP contribution in [0.5, 0.6) is 0 Å². The van der Waals surface area contributed by atoms with E-state index < -0.39 is 0 Å². The highest BCUT2D eigenvalue weighted by molar-refractivity contribution is 5.68. The molecule has 1 heterocycles. The molecule has 0 aromatic heterocycles. The summed E-state index contributed by atoms with van der Waals surface area (Å²) < 4.78 is 5.35. The highest BCUT2D eigenvalue weighted by Gasteiger charge is 2.36. The predicted octanol–water partition coefficient (Wildman–Crippen LogP) is 3.04. The van der Waals surface area contributed by atoms with E-state index in [2.05, 4.69) is 13.8 Å². The van der Waals surface area contributed by atoms with Gasteiger partial charge in [-0.15, -0.1) is 0 Å². The van der Waals surface area contributed by atoms with E-state index in [1.165, 1.54) is 0 Å². The summed E-state index contributed by atoms with van der Waals surface area (Å²) >= 11 is 0. The summed E-state index contributed by atoms with van der Waals surface area (Å²) in [5, 5.41) is 0. The number of carbonyl (C=O) groups excluding carboxylic acids is 1. The van der Waals surface area contributed by atoms with Crippen molar-refractivity contribution in [2.45, 2.75) is 53.1 Å². The van der Waals surface area contributed by atoms with Crippen molar-refractivity contribution in [2.24, 2.45) is 5.41 Å². The van der Waals surface area contributed by atoms with Crippen LogP contribution in [0.15, 0.2) is 0 Å². The Kier molecular flexibility index (Phi) is 3.31. The van der Waals surface area contributed by atoms with E-state index in [-0.39, 0.29) is 17.1 Å². The zero-order chi connectivity index (χ0) is 11.7. The van der Waals surface area contributed by atoms with Crippen molar-refractivity contribution in [1.29, 1.82) is 0 Å². The van der Waals surface area contributed by atoms with Crippen molar-refractivity contribution in [3.05, 3.63) is 0 Å². The molecule has 1 atom stereocenters. The molecule has 1 amide bonds. The standard InChI is InChI=1S/C12H23NO2/c1-6-12(5)7-8-13(9-12)10(14)15-11(2,3)4/h6-9H2,1-5H3/t12-/m0/s1. The summed E-state index contributed by atoms with van der Waals surface area (Å²) in [5.74, 6) is 0. The maximum absolute atomic E-state index is 11.8. The van der Waals surface area contributed by atoms with Crippen LogP contribution in [-0.2, 0) is 4.74 Å². The molecule has 0 aromatic carbocycles. The first-order valence-electron chi connectivity index (χ1n) is 5.74. The molecule has 0 N–H and O–H groups in total. The molecule has 1 fully saturated rings. The number of nitrogens with zero attached hydrogens (tertiary/aromatic N) is 1. The van der Waals surface area contributed by atoms with Gasteiger partial charge in [0, 0.05) is 13.1 Å². The van der Waals surface area contributed by atoms with Gasteiger partial charge in [0.25, 0.3) is 0 Å². The molecule has 15 heavy (non-hydrogen) atoms. The largest absolute Gasteiger partial charge is 0.444 e. The Bertz CT molecular complexity index is 244. The fourth-order valence-electron chi connectivity index (χ4n) is 1.79. The molecule has 3 nitrogen and oxygen atoms in total. The molecular formula is C12H23NO2. The molecule has 1 aliphatic heterocycles. The summed E-state index contributed by atoms with van der Waals surface area (Å²) in [7, 11) is 0. The predicted molar refractivity (Wildman–Crippen MR) is 60.8 cm³/mol. The molecule has 0 saturated carbocycles. The summed E-state index contributed by atoms with van der Waals surface area (Å²) in [6.07, 6.45) is 2.04. The maximum Gasteiger partial charge on any atom is 0.410 e. The van der Waals surface area contributed by atoms with Crippen molar-refractivity contribution < 1.29 is 9.53 Å². The first-order chi connectivity index (χ1) is 6.76. The number of likely N-dealkylation sites (tertiary alicyclic amines) is 1. The highest BCUT2D eigenvalue weighted by Crippen LogP contribution is 2.33. The highest BCUT2D eigenvalue weighted by atomic mass is 16.6. The van der Waals surface area contributed by atoms with Crippen LogP contribution in [0.2, 0.25) is 0 Å². The smallest absolute Gasteiger partial charge is 0.410 e. The van der Waals surface area contributed by atoms with Crippen LogP contribution in [-0.4, -0.2) is 29.7 Å². The minimum Gasteiger partial charge on any atom is -0.444 e. The Labute approximate surface area is 92.8 Å². The van der Waals surface area contributed by atoms with Gasteiger partial charge in [-0.05, 0) is 39.0 Å². The molecular weight excluding hydrogens is 190 g/mol. The second kappa shape index (κ2) is 4.03. The van der Waals surface area contributed by atoms with E-state index in [0.29, 0.717) is 0 Å². The SMILES string of the molecule is CC[C@@]1(C)CCN(C(=O)OC(C)(C)C)C1. The van der Waals surface area contributed by atoms with Crippen LogP contribution in [0.1, 0.15) is 47.5 Å². The van der Waals surface area contributed by atoms with Crippen molar-refractivity contribution >= 4 is 6.09 Å². The molecule has 0 bridgehead atoms. The summed E-state index contributed by atoms with van der Waals surface area (Å²) in [4.78, 5) is 13.6. The molecule has 3 heteroatoms. The third-order valence-electron chi connectivity index (χ3n) is 3.06. The molecule has 1 saturated heterocycles. The van der Waals surface area contributed by atoms with Gasteiger partial charge in [0.2, 0.25) is 0 Å². The fraction of sp³-hybridized carbons (Fsp3) is 0.917. The lowest BCUT2D eigenvalue weighted by Gasteiger charge is -2.26. The Hall–Kier alpha value is -0.730. The average Bonchev–Trinajstić information content (AvgIpc) is 2.46. The van der Waals surface area contributed by atoms with E-state index in [9.17, 15) is 4.79 Å². The van der Waals surface area contributed by atoms with E-state index in [0.717, 1.165) is 25.9 Å². The number of amides is 1. The van der Waals surface area contributed by atoms with Crippen LogP contribution in [0.25, 0.3) is 0 Å². The van der Waals surface area contributed by atoms with Gasteiger partial charge >= 0.3 is 6.09 Å². The minimum absolute atomic E-state index is 0.167. The monoisotopic (exact) mass is 213 g/mol. The fourth-order valence-corrected chi connectivity index (χ4v) is 1.79. The van der Waals surface area contributed by atoms with Gasteiger partial charge in [-0.2, -0.15) is 0 Å². The van der Waals surface area contributed by atoms with Crippen LogP contribution >= 0.6 is 0 Å². The lowest BCUT2D eigenvalue weighted by molar-refractivity contribution is 0.0275. The zero-order valence-corrected chi connectivity index (χ0v) is 10.6. The number of rotatable bonds is 1. The van der Waals surface area contributed by atoms with Crippen molar-refractivity contribution in [3.63, 3.8) is 0 Å². The van der Waals surface area contributed by atoms with Gasteiger partial charge < -0.3 is 9.64 Å². The van der Waals surface area contributed by atoms with Crippen molar-refractivity contribution in [2.75, 3.05) is 13.1 Å². The maximum atomic E-state index is 11.8. The first-order valence-corrected chi connectivity index (χ1v) is 5.74. The minimum atomic E-state index is -0.387. The Morgan fingerprint density at radius 1 is 1.47 bits per heavy atom. The van der Waals surface area contributed by atoms with E-state index >= 15 is 0 Å². The quantitative estimate of drug-likeness (QED) is 0.670. The van der Waals surface area contributed by atoms with Crippen LogP contribution < -0.4 is 0 Å². The summed E-state index contributed by atoms with van der Waals surface area (Å²) in [6.45, 7) is 11.8. The second-order valence-corrected chi connectivity index (χ2v) is 5.82. The van der Waals surface area contributed by atoms with Gasteiger partial charge in [0.15, 0.2) is 0 Å². The van der Waals surface area contributed by atoms with Gasteiger partial charge in [-0.1, -0.05) is 13.8 Å². The van der Waals surface area contributed by atoms with E-state index in [4.69, 9.17) is 4.74 Å². The molecule has 1 aliphatic rings. The third-order valence-corrected chi connectivity index (χ3v) is 3.06. The Morgan fingerprint density at radius 2 is 2.07 bits per heavy atom. The lowest BCUT2D eigenvalue weighted by atomic mass is 9.87. The lowest BCUT2D eigenvalue weighted by Crippen LogP contribution is -2.36. The van der Waals surface area contributed by atoms with Crippen LogP contribution in [0.4, 0.5) is 4.79 Å². The molecule has 0 radical (unpaired) electrons. The zero-order valence-electron chi connectivity index (χ0n) is 10.6. The molecule has 88 valence electrons.